The van der Waals surface area contributed by atoms with Crippen LogP contribution in [0.15, 0.2) is 53.5 Å². The van der Waals surface area contributed by atoms with Crippen molar-refractivity contribution in [2.45, 2.75) is 13.0 Å². The molecule has 2 aliphatic rings. The van der Waals surface area contributed by atoms with Gasteiger partial charge in [0, 0.05) is 10.8 Å². The van der Waals surface area contributed by atoms with Gasteiger partial charge in [-0.2, -0.15) is 0 Å². The standard InChI is InChI=1S/C20H16ClN3O3S/c1-12-11-28-20(22-12)24(14-8-6-13(21)7-9-14)17(25)10-23-18(26)15-4-2-3-5-16(15)19(23)27/h2-9,12H,10-11H2,1H3/t12-/m0/s1. The van der Waals surface area contributed by atoms with Crippen LogP contribution in [0.2, 0.25) is 5.02 Å². The molecule has 0 saturated carbocycles. The average Bonchev–Trinajstić information content (AvgIpc) is 3.21. The highest BCUT2D eigenvalue weighted by Gasteiger charge is 2.38. The highest BCUT2D eigenvalue weighted by atomic mass is 35.5. The van der Waals surface area contributed by atoms with E-state index < -0.39 is 17.7 Å². The van der Waals surface area contributed by atoms with Crippen LogP contribution >= 0.6 is 23.4 Å². The largest absolute Gasteiger partial charge is 0.272 e. The van der Waals surface area contributed by atoms with Crippen LogP contribution in [0, 0.1) is 0 Å². The van der Waals surface area contributed by atoms with Gasteiger partial charge in [0.15, 0.2) is 5.17 Å². The fourth-order valence-electron chi connectivity index (χ4n) is 3.12. The lowest BCUT2D eigenvalue weighted by Crippen LogP contribution is -2.44. The maximum absolute atomic E-state index is 13.2. The summed E-state index contributed by atoms with van der Waals surface area (Å²) in [5, 5.41) is 1.10. The Hall–Kier alpha value is -2.64. The number of amidine groups is 1. The summed E-state index contributed by atoms with van der Waals surface area (Å²) in [6, 6.07) is 13.5. The summed E-state index contributed by atoms with van der Waals surface area (Å²) in [4.78, 5) is 45.3. The van der Waals surface area contributed by atoms with E-state index in [1.54, 1.807) is 48.5 Å². The van der Waals surface area contributed by atoms with Crippen LogP contribution in [0.3, 0.4) is 0 Å². The van der Waals surface area contributed by atoms with E-state index in [2.05, 4.69) is 4.99 Å². The Balaban J connectivity index is 1.63. The first-order valence-corrected chi connectivity index (χ1v) is 10.1. The third-order valence-electron chi connectivity index (χ3n) is 4.48. The van der Waals surface area contributed by atoms with Gasteiger partial charge in [-0.15, -0.1) is 0 Å². The van der Waals surface area contributed by atoms with Crippen molar-refractivity contribution in [2.75, 3.05) is 17.2 Å². The topological polar surface area (TPSA) is 70.1 Å². The van der Waals surface area contributed by atoms with Crippen molar-refractivity contribution < 1.29 is 14.4 Å². The summed E-state index contributed by atoms with van der Waals surface area (Å²) < 4.78 is 0. The number of benzene rings is 2. The predicted octanol–water partition coefficient (Wildman–Crippen LogP) is 3.46. The SMILES string of the molecule is C[C@H]1CSC(N(C(=O)CN2C(=O)c3ccccc3C2=O)c2ccc(Cl)cc2)=N1. The molecule has 2 heterocycles. The number of nitrogens with zero attached hydrogens (tertiary/aromatic N) is 3. The van der Waals surface area contributed by atoms with E-state index >= 15 is 0 Å². The van der Waals surface area contributed by atoms with Gasteiger partial charge in [0.05, 0.1) is 22.9 Å². The highest BCUT2D eigenvalue weighted by molar-refractivity contribution is 8.14. The molecule has 0 bridgehead atoms. The highest BCUT2D eigenvalue weighted by Crippen LogP contribution is 2.28. The van der Waals surface area contributed by atoms with Crippen molar-refractivity contribution in [2.24, 2.45) is 4.99 Å². The fourth-order valence-corrected chi connectivity index (χ4v) is 4.30. The van der Waals surface area contributed by atoms with Gasteiger partial charge in [-0.25, -0.2) is 0 Å². The lowest BCUT2D eigenvalue weighted by Gasteiger charge is -2.24. The first kappa shape index (κ1) is 18.7. The Morgan fingerprint density at radius 1 is 1.14 bits per heavy atom. The van der Waals surface area contributed by atoms with Gasteiger partial charge in [0.25, 0.3) is 17.7 Å². The number of imide groups is 1. The number of anilines is 1. The number of carbonyl (C=O) groups excluding carboxylic acids is 3. The van der Waals surface area contributed by atoms with Gasteiger partial charge >= 0.3 is 0 Å². The van der Waals surface area contributed by atoms with Gasteiger partial charge in [-0.1, -0.05) is 35.5 Å². The quantitative estimate of drug-likeness (QED) is 0.722. The molecule has 2 aliphatic heterocycles. The minimum Gasteiger partial charge on any atom is -0.272 e. The van der Waals surface area contributed by atoms with E-state index in [0.717, 1.165) is 10.7 Å². The number of halogens is 1. The van der Waals surface area contributed by atoms with Crippen LogP contribution in [0.1, 0.15) is 27.6 Å². The molecule has 142 valence electrons. The first-order chi connectivity index (χ1) is 13.5. The molecule has 0 aromatic heterocycles. The Labute approximate surface area is 171 Å². The molecule has 2 aromatic carbocycles. The smallest absolute Gasteiger partial charge is 0.262 e. The molecule has 0 unspecified atom stereocenters. The van der Waals surface area contributed by atoms with Gasteiger partial charge in [-0.3, -0.25) is 29.2 Å². The van der Waals surface area contributed by atoms with Crippen molar-refractivity contribution >= 4 is 51.9 Å². The number of thioether (sulfide) groups is 1. The van der Waals surface area contributed by atoms with Crippen molar-refractivity contribution in [3.63, 3.8) is 0 Å². The van der Waals surface area contributed by atoms with Gasteiger partial charge in [0.2, 0.25) is 0 Å². The molecule has 0 saturated heterocycles. The Morgan fingerprint density at radius 2 is 1.75 bits per heavy atom. The number of carbonyl (C=O) groups is 3. The summed E-state index contributed by atoms with van der Waals surface area (Å²) >= 11 is 7.44. The molecule has 0 radical (unpaired) electrons. The summed E-state index contributed by atoms with van der Waals surface area (Å²) in [5.41, 5.74) is 1.23. The molecule has 0 spiro atoms. The number of amides is 3. The molecule has 4 rings (SSSR count). The molecule has 0 aliphatic carbocycles. The zero-order valence-corrected chi connectivity index (χ0v) is 16.5. The lowest BCUT2D eigenvalue weighted by molar-refractivity contribution is -0.118. The minimum absolute atomic E-state index is 0.0851. The summed E-state index contributed by atoms with van der Waals surface area (Å²) in [6.07, 6.45) is 0. The van der Waals surface area contributed by atoms with Crippen molar-refractivity contribution in [3.8, 4) is 0 Å². The lowest BCUT2D eigenvalue weighted by atomic mass is 10.1. The van der Waals surface area contributed by atoms with E-state index in [-0.39, 0.29) is 12.6 Å². The van der Waals surface area contributed by atoms with E-state index in [4.69, 9.17) is 11.6 Å². The minimum atomic E-state index is -0.459. The van der Waals surface area contributed by atoms with Crippen LogP contribution in [0.4, 0.5) is 5.69 Å². The zero-order chi connectivity index (χ0) is 19.8. The third-order valence-corrected chi connectivity index (χ3v) is 5.93. The summed E-state index contributed by atoms with van der Waals surface area (Å²) in [6.45, 7) is 1.61. The summed E-state index contributed by atoms with van der Waals surface area (Å²) in [5.74, 6) is -0.560. The molecule has 2 aromatic rings. The molecule has 0 fully saturated rings. The molecular formula is C20H16ClN3O3S. The second-order valence-electron chi connectivity index (χ2n) is 6.52. The predicted molar refractivity (Wildman–Crippen MR) is 110 cm³/mol. The molecule has 1 atom stereocenters. The Morgan fingerprint density at radius 3 is 2.29 bits per heavy atom. The molecule has 6 nitrogen and oxygen atoms in total. The van der Waals surface area contributed by atoms with E-state index in [1.165, 1.54) is 16.7 Å². The molecule has 8 heteroatoms. The monoisotopic (exact) mass is 413 g/mol. The zero-order valence-electron chi connectivity index (χ0n) is 15.0. The Kier molecular flexibility index (Phi) is 4.95. The number of hydrogen-bond donors (Lipinski definition) is 0. The van der Waals surface area contributed by atoms with Crippen molar-refractivity contribution in [1.29, 1.82) is 0 Å². The Bertz CT molecular complexity index is 971. The van der Waals surface area contributed by atoms with Gasteiger partial charge in [0.1, 0.15) is 6.54 Å². The maximum Gasteiger partial charge on any atom is 0.262 e. The molecule has 3 amide bonds. The second kappa shape index (κ2) is 7.41. The fraction of sp³-hybridized carbons (Fsp3) is 0.200. The first-order valence-electron chi connectivity index (χ1n) is 8.70. The van der Waals surface area contributed by atoms with E-state index in [9.17, 15) is 14.4 Å². The van der Waals surface area contributed by atoms with Crippen molar-refractivity contribution in [3.05, 3.63) is 64.7 Å². The van der Waals surface area contributed by atoms with Gasteiger partial charge in [-0.05, 0) is 43.3 Å². The van der Waals surface area contributed by atoms with Crippen LogP contribution in [-0.4, -0.2) is 46.1 Å². The van der Waals surface area contributed by atoms with Crippen molar-refractivity contribution in [1.82, 2.24) is 4.90 Å². The van der Waals surface area contributed by atoms with Crippen LogP contribution in [0.25, 0.3) is 0 Å². The molecule has 28 heavy (non-hydrogen) atoms. The number of hydrogen-bond acceptors (Lipinski definition) is 5. The van der Waals surface area contributed by atoms with E-state index in [0.29, 0.717) is 27.0 Å². The van der Waals surface area contributed by atoms with Crippen LogP contribution in [-0.2, 0) is 4.79 Å². The second-order valence-corrected chi connectivity index (χ2v) is 7.94. The van der Waals surface area contributed by atoms with E-state index in [1.807, 2.05) is 6.92 Å². The van der Waals surface area contributed by atoms with Gasteiger partial charge < -0.3 is 0 Å². The number of rotatable bonds is 3. The number of fused-ring (bicyclic) bond motifs is 1. The maximum atomic E-state index is 13.2. The normalized spacial score (nSPS) is 18.3. The summed E-state index contributed by atoms with van der Waals surface area (Å²) in [7, 11) is 0. The van der Waals surface area contributed by atoms with Crippen LogP contribution < -0.4 is 4.90 Å². The average molecular weight is 414 g/mol. The van der Waals surface area contributed by atoms with Crippen LogP contribution in [0.5, 0.6) is 0 Å². The number of aliphatic imine (C=N–C) groups is 1. The molecule has 0 N–H and O–H groups in total. The third kappa shape index (κ3) is 3.31. The molecular weight excluding hydrogens is 398 g/mol.